The Morgan fingerprint density at radius 3 is 2.18 bits per heavy atom. The Labute approximate surface area is 218 Å². The second kappa shape index (κ2) is 12.7. The highest BCUT2D eigenvalue weighted by atomic mass is 127. The smallest absolute Gasteiger partial charge is 0.362 e. The molecule has 1 unspecified atom stereocenters. The number of carbonyl (C=O) groups is 2. The van der Waals surface area contributed by atoms with Gasteiger partial charge in [-0.15, -0.1) is 0 Å². The topological polar surface area (TPSA) is 55.4 Å². The lowest BCUT2D eigenvalue weighted by Crippen LogP contribution is -2.63. The molecule has 0 saturated carbocycles. The summed E-state index contributed by atoms with van der Waals surface area (Å²) in [6.07, 6.45) is 6.25. The number of likely N-dealkylation sites (tertiary alicyclic amines) is 1. The van der Waals surface area contributed by atoms with Crippen LogP contribution in [0.25, 0.3) is 0 Å². The number of ether oxygens (including phenoxy) is 1. The van der Waals surface area contributed by atoms with Crippen LogP contribution >= 0.6 is 22.6 Å². The molecule has 3 rings (SSSR count). The van der Waals surface area contributed by atoms with Crippen molar-refractivity contribution < 1.29 is 18.8 Å². The van der Waals surface area contributed by atoms with Gasteiger partial charge in [0.25, 0.3) is 5.91 Å². The fourth-order valence-corrected chi connectivity index (χ4v) is 6.19. The first-order valence-corrected chi connectivity index (χ1v) is 13.6. The minimum Gasteiger partial charge on any atom is -0.457 e. The Morgan fingerprint density at radius 2 is 1.59 bits per heavy atom. The van der Waals surface area contributed by atoms with E-state index in [0.29, 0.717) is 10.9 Å². The molecule has 184 valence electrons. The highest BCUT2D eigenvalue weighted by Crippen LogP contribution is 2.28. The zero-order chi connectivity index (χ0) is 24.6. The van der Waals surface area contributed by atoms with Crippen molar-refractivity contribution in [1.82, 2.24) is 0 Å². The second-order valence-corrected chi connectivity index (χ2v) is 10.8. The van der Waals surface area contributed by atoms with Gasteiger partial charge in [0.05, 0.1) is 13.1 Å². The van der Waals surface area contributed by atoms with E-state index in [2.05, 4.69) is 47.0 Å². The summed E-state index contributed by atoms with van der Waals surface area (Å²) in [5, 5.41) is 3.24. The van der Waals surface area contributed by atoms with Crippen LogP contribution in [0.2, 0.25) is 0 Å². The van der Waals surface area contributed by atoms with Crippen LogP contribution in [0.4, 0.5) is 5.69 Å². The predicted octanol–water partition coefficient (Wildman–Crippen LogP) is 6.15. The van der Waals surface area contributed by atoms with Crippen molar-refractivity contribution in [1.29, 1.82) is 0 Å². The van der Waals surface area contributed by atoms with E-state index in [1.807, 2.05) is 44.2 Å². The van der Waals surface area contributed by atoms with Gasteiger partial charge in [0, 0.05) is 15.7 Å². The van der Waals surface area contributed by atoms with Gasteiger partial charge >= 0.3 is 5.97 Å². The maximum Gasteiger partial charge on any atom is 0.362 e. The van der Waals surface area contributed by atoms with Gasteiger partial charge in [-0.1, -0.05) is 43.7 Å². The normalized spacial score (nSPS) is 16.7. The zero-order valence-electron chi connectivity index (χ0n) is 20.7. The third kappa shape index (κ3) is 7.04. The van der Waals surface area contributed by atoms with Crippen LogP contribution in [0.15, 0.2) is 42.5 Å². The molecule has 1 saturated heterocycles. The minimum atomic E-state index is -0.291. The van der Waals surface area contributed by atoms with E-state index in [4.69, 9.17) is 4.74 Å². The van der Waals surface area contributed by atoms with Crippen molar-refractivity contribution in [2.24, 2.45) is 0 Å². The molecule has 5 nitrogen and oxygen atoms in total. The number of hydrogen-bond acceptors (Lipinski definition) is 3. The molecule has 1 amide bonds. The number of rotatable bonds is 8. The van der Waals surface area contributed by atoms with Crippen LogP contribution in [0.3, 0.4) is 0 Å². The second-order valence-electron chi connectivity index (χ2n) is 9.57. The lowest BCUT2D eigenvalue weighted by Gasteiger charge is -2.44. The van der Waals surface area contributed by atoms with Gasteiger partial charge in [-0.3, -0.25) is 4.79 Å². The molecule has 34 heavy (non-hydrogen) atoms. The summed E-state index contributed by atoms with van der Waals surface area (Å²) in [6.45, 7) is 8.30. The summed E-state index contributed by atoms with van der Waals surface area (Å²) in [4.78, 5) is 26.8. The highest BCUT2D eigenvalue weighted by molar-refractivity contribution is 14.1. The molecule has 0 radical (unpaired) electrons. The SMILES string of the molecule is CCC(C(=O)Nc1c(C)cc(I)cc1C)[N+]1(CC(=O)OCc2ccccc2)CCCCCCC1. The van der Waals surface area contributed by atoms with Crippen molar-refractivity contribution in [3.05, 3.63) is 62.7 Å². The van der Waals surface area contributed by atoms with Crippen molar-refractivity contribution in [2.75, 3.05) is 25.0 Å². The van der Waals surface area contributed by atoms with Gasteiger partial charge in [0.1, 0.15) is 6.61 Å². The maximum absolute atomic E-state index is 13.7. The molecule has 1 atom stereocenters. The van der Waals surface area contributed by atoms with Crippen molar-refractivity contribution in [3.8, 4) is 0 Å². The number of quaternary nitrogens is 1. The van der Waals surface area contributed by atoms with Gasteiger partial charge in [0.2, 0.25) is 0 Å². The number of hydrogen-bond donors (Lipinski definition) is 1. The van der Waals surface area contributed by atoms with E-state index in [1.54, 1.807) is 0 Å². The van der Waals surface area contributed by atoms with Crippen LogP contribution in [0.5, 0.6) is 0 Å². The molecule has 6 heteroatoms. The van der Waals surface area contributed by atoms with E-state index in [0.717, 1.165) is 64.7 Å². The molecular weight excluding hydrogens is 539 g/mol. The van der Waals surface area contributed by atoms with Crippen LogP contribution in [0.1, 0.15) is 62.1 Å². The number of amides is 1. The van der Waals surface area contributed by atoms with Crippen molar-refractivity contribution >= 4 is 40.2 Å². The summed E-state index contributed by atoms with van der Waals surface area (Å²) in [5.41, 5.74) is 3.99. The van der Waals surface area contributed by atoms with Crippen LogP contribution in [-0.2, 0) is 20.9 Å². The molecule has 1 aliphatic heterocycles. The lowest BCUT2D eigenvalue weighted by molar-refractivity contribution is -0.937. The number of nitrogens with zero attached hydrogens (tertiary/aromatic N) is 1. The molecule has 0 aromatic heterocycles. The maximum atomic E-state index is 13.7. The standard InChI is InChI=1S/C28H37IN2O3/c1-4-25(28(33)30-27-21(2)17-24(29)18-22(27)3)31(15-11-6-5-7-12-16-31)19-26(32)34-20-23-13-9-8-10-14-23/h8-10,13-14,17-18,25H,4-7,11-12,15-16,19-20H2,1-3H3/p+1. The summed E-state index contributed by atoms with van der Waals surface area (Å²) >= 11 is 2.31. The van der Waals surface area contributed by atoms with Crippen molar-refractivity contribution in [3.63, 3.8) is 0 Å². The zero-order valence-corrected chi connectivity index (χ0v) is 22.9. The first kappa shape index (κ1) is 26.7. The highest BCUT2D eigenvalue weighted by Gasteiger charge is 2.43. The molecule has 2 aromatic carbocycles. The number of halogens is 1. The Hall–Kier alpha value is -1.93. The van der Waals surface area contributed by atoms with Crippen LogP contribution < -0.4 is 5.32 Å². The number of aryl methyl sites for hydroxylation is 2. The fourth-order valence-electron chi connectivity index (χ4n) is 5.25. The summed E-state index contributed by atoms with van der Waals surface area (Å²) < 4.78 is 7.33. The first-order chi connectivity index (χ1) is 16.3. The van der Waals surface area contributed by atoms with E-state index in [1.165, 1.54) is 6.42 Å². The van der Waals surface area contributed by atoms with Crippen molar-refractivity contribution in [2.45, 2.75) is 71.9 Å². The molecule has 0 spiro atoms. The van der Waals surface area contributed by atoms with E-state index in [9.17, 15) is 9.59 Å². The molecule has 2 aromatic rings. The number of esters is 1. The van der Waals surface area contributed by atoms with E-state index >= 15 is 0 Å². The molecule has 0 bridgehead atoms. The predicted molar refractivity (Wildman–Crippen MR) is 146 cm³/mol. The van der Waals surface area contributed by atoms with E-state index in [-0.39, 0.29) is 31.1 Å². The van der Waals surface area contributed by atoms with Gasteiger partial charge in [-0.25, -0.2) is 4.79 Å². The average molecular weight is 578 g/mol. The Kier molecular flexibility index (Phi) is 9.95. The average Bonchev–Trinajstić information content (AvgIpc) is 2.78. The Bertz CT molecular complexity index is 946. The van der Waals surface area contributed by atoms with Gasteiger partial charge in [-0.2, -0.15) is 0 Å². The fraction of sp³-hybridized carbons (Fsp3) is 0.500. The largest absolute Gasteiger partial charge is 0.457 e. The Morgan fingerprint density at radius 1 is 1.00 bits per heavy atom. The summed E-state index contributed by atoms with van der Waals surface area (Å²) in [7, 11) is 0. The van der Waals surface area contributed by atoms with Gasteiger partial charge in [0.15, 0.2) is 12.6 Å². The monoisotopic (exact) mass is 577 g/mol. The molecule has 1 heterocycles. The number of carbonyl (C=O) groups excluding carboxylic acids is 2. The lowest BCUT2D eigenvalue weighted by atomic mass is 10.00. The molecule has 1 fully saturated rings. The van der Waals surface area contributed by atoms with Gasteiger partial charge < -0.3 is 14.5 Å². The number of nitrogens with one attached hydrogen (secondary N) is 1. The number of benzene rings is 2. The quantitative estimate of drug-likeness (QED) is 0.233. The van der Waals surface area contributed by atoms with E-state index < -0.39 is 0 Å². The Balaban J connectivity index is 1.81. The number of anilines is 1. The van der Waals surface area contributed by atoms with Crippen LogP contribution in [0, 0.1) is 17.4 Å². The first-order valence-electron chi connectivity index (χ1n) is 12.5. The third-order valence-corrected chi connectivity index (χ3v) is 7.61. The van der Waals surface area contributed by atoms with Crippen LogP contribution in [-0.4, -0.2) is 42.0 Å². The van der Waals surface area contributed by atoms with Gasteiger partial charge in [-0.05, 0) is 90.9 Å². The molecular formula is C28H38IN2O3+. The summed E-state index contributed by atoms with van der Waals surface area (Å²) in [5.74, 6) is -0.219. The minimum absolute atomic E-state index is 0.00587. The third-order valence-electron chi connectivity index (χ3n) is 6.99. The molecule has 1 N–H and O–H groups in total. The molecule has 1 aliphatic rings. The molecule has 0 aliphatic carbocycles. The summed E-state index contributed by atoms with van der Waals surface area (Å²) in [6, 6.07) is 13.7.